The standard InChI is InChI=1S/C22H21ClN2O4/c23-18-4-1-15(2-5-18)20(27)7-8-22(29)24-11-9-21(28)17-3-6-19-16(13-17)10-12-25(19)14-26/h1-6,13-14H,7-12H2,(H,24,29). The number of hydrogen-bond acceptors (Lipinski definition) is 4. The average molecular weight is 413 g/mol. The molecule has 0 atom stereocenters. The summed E-state index contributed by atoms with van der Waals surface area (Å²) >= 11 is 5.79. The molecule has 0 bridgehead atoms. The minimum Gasteiger partial charge on any atom is -0.356 e. The first kappa shape index (κ1) is 20.7. The average Bonchev–Trinajstić information content (AvgIpc) is 3.14. The van der Waals surface area contributed by atoms with Gasteiger partial charge >= 0.3 is 0 Å². The number of amides is 2. The second-order valence-electron chi connectivity index (χ2n) is 6.85. The summed E-state index contributed by atoms with van der Waals surface area (Å²) in [6, 6.07) is 11.8. The van der Waals surface area contributed by atoms with Gasteiger partial charge in [0.1, 0.15) is 0 Å². The molecule has 1 heterocycles. The first-order chi connectivity index (χ1) is 14.0. The smallest absolute Gasteiger partial charge is 0.220 e. The minimum absolute atomic E-state index is 0.0655. The molecule has 7 heteroatoms. The highest BCUT2D eigenvalue weighted by Crippen LogP contribution is 2.27. The fourth-order valence-electron chi connectivity index (χ4n) is 3.27. The van der Waals surface area contributed by atoms with Crippen LogP contribution in [0.15, 0.2) is 42.5 Å². The highest BCUT2D eigenvalue weighted by atomic mass is 35.5. The Balaban J connectivity index is 1.42. The van der Waals surface area contributed by atoms with Crippen LogP contribution in [0, 0.1) is 0 Å². The number of nitrogens with one attached hydrogen (secondary N) is 1. The Morgan fingerprint density at radius 3 is 2.38 bits per heavy atom. The van der Waals surface area contributed by atoms with Crippen molar-refractivity contribution in [2.24, 2.45) is 0 Å². The summed E-state index contributed by atoms with van der Waals surface area (Å²) in [5, 5.41) is 3.23. The van der Waals surface area contributed by atoms with E-state index in [9.17, 15) is 19.2 Å². The Hall–Kier alpha value is -2.99. The third-order valence-electron chi connectivity index (χ3n) is 4.88. The summed E-state index contributed by atoms with van der Waals surface area (Å²) in [6.45, 7) is 0.839. The molecule has 0 saturated heterocycles. The Morgan fingerprint density at radius 2 is 1.66 bits per heavy atom. The number of fused-ring (bicyclic) bond motifs is 1. The Bertz CT molecular complexity index is 940. The molecule has 29 heavy (non-hydrogen) atoms. The van der Waals surface area contributed by atoms with Crippen molar-refractivity contribution in [1.29, 1.82) is 0 Å². The minimum atomic E-state index is -0.268. The summed E-state index contributed by atoms with van der Waals surface area (Å²) in [4.78, 5) is 49.0. The van der Waals surface area contributed by atoms with Crippen molar-refractivity contribution < 1.29 is 19.2 Å². The van der Waals surface area contributed by atoms with Crippen molar-refractivity contribution >= 4 is 41.2 Å². The molecule has 0 radical (unpaired) electrons. The Morgan fingerprint density at radius 1 is 0.966 bits per heavy atom. The predicted octanol–water partition coefficient (Wildman–Crippen LogP) is 3.21. The van der Waals surface area contributed by atoms with Crippen LogP contribution in [0.3, 0.4) is 0 Å². The predicted molar refractivity (Wildman–Crippen MR) is 111 cm³/mol. The van der Waals surface area contributed by atoms with E-state index in [-0.39, 0.29) is 43.3 Å². The van der Waals surface area contributed by atoms with E-state index >= 15 is 0 Å². The molecule has 0 aromatic heterocycles. The lowest BCUT2D eigenvalue weighted by molar-refractivity contribution is -0.121. The number of ketones is 2. The number of rotatable bonds is 9. The van der Waals surface area contributed by atoms with E-state index in [0.29, 0.717) is 22.7 Å². The van der Waals surface area contributed by atoms with Crippen molar-refractivity contribution in [3.8, 4) is 0 Å². The maximum absolute atomic E-state index is 12.4. The van der Waals surface area contributed by atoms with Gasteiger partial charge in [-0.2, -0.15) is 0 Å². The molecular weight excluding hydrogens is 392 g/mol. The van der Waals surface area contributed by atoms with E-state index in [1.54, 1.807) is 41.3 Å². The number of anilines is 1. The van der Waals surface area contributed by atoms with Crippen LogP contribution >= 0.6 is 11.6 Å². The molecule has 3 rings (SSSR count). The summed E-state index contributed by atoms with van der Waals surface area (Å²) in [5.41, 5.74) is 2.91. The van der Waals surface area contributed by atoms with Crippen LogP contribution in [-0.4, -0.2) is 37.0 Å². The Kier molecular flexibility index (Phi) is 6.77. The zero-order valence-electron chi connectivity index (χ0n) is 15.8. The van der Waals surface area contributed by atoms with Crippen LogP contribution in [0.4, 0.5) is 5.69 Å². The molecule has 0 saturated carbocycles. The molecular formula is C22H21ClN2O4. The van der Waals surface area contributed by atoms with Gasteiger partial charge < -0.3 is 10.2 Å². The SMILES string of the molecule is O=CN1CCc2cc(C(=O)CCNC(=O)CCC(=O)c3ccc(Cl)cc3)ccc21. The van der Waals surface area contributed by atoms with Crippen LogP contribution in [0.25, 0.3) is 0 Å². The number of carbonyl (C=O) groups is 4. The molecule has 0 fully saturated rings. The van der Waals surface area contributed by atoms with Crippen LogP contribution in [0.1, 0.15) is 45.5 Å². The summed E-state index contributed by atoms with van der Waals surface area (Å²) in [6.07, 6.45) is 1.86. The highest BCUT2D eigenvalue weighted by Gasteiger charge is 2.20. The van der Waals surface area contributed by atoms with E-state index in [4.69, 9.17) is 11.6 Å². The quantitative estimate of drug-likeness (QED) is 0.506. The maximum atomic E-state index is 12.4. The first-order valence-corrected chi connectivity index (χ1v) is 9.79. The molecule has 2 aromatic rings. The van der Waals surface area contributed by atoms with Gasteiger partial charge in [-0.1, -0.05) is 11.6 Å². The van der Waals surface area contributed by atoms with Crippen LogP contribution < -0.4 is 10.2 Å². The number of Topliss-reactive ketones (excluding diaryl/α,β-unsaturated/α-hetero) is 2. The van der Waals surface area contributed by atoms with E-state index in [2.05, 4.69) is 5.32 Å². The van der Waals surface area contributed by atoms with Crippen LogP contribution in [-0.2, 0) is 16.0 Å². The van der Waals surface area contributed by atoms with Crippen molar-refractivity contribution in [3.05, 3.63) is 64.2 Å². The lowest BCUT2D eigenvalue weighted by atomic mass is 10.0. The second kappa shape index (κ2) is 9.47. The molecule has 1 aliphatic rings. The van der Waals surface area contributed by atoms with Gasteiger partial charge in [0.2, 0.25) is 12.3 Å². The van der Waals surface area contributed by atoms with Gasteiger partial charge in [0.15, 0.2) is 11.6 Å². The third kappa shape index (κ3) is 5.29. The molecule has 0 unspecified atom stereocenters. The van der Waals surface area contributed by atoms with Gasteiger partial charge in [-0.3, -0.25) is 19.2 Å². The normalized spacial score (nSPS) is 12.4. The zero-order chi connectivity index (χ0) is 20.8. The zero-order valence-corrected chi connectivity index (χ0v) is 16.6. The van der Waals surface area contributed by atoms with Gasteiger partial charge in [0.25, 0.3) is 0 Å². The second-order valence-corrected chi connectivity index (χ2v) is 7.28. The molecule has 150 valence electrons. The van der Waals surface area contributed by atoms with Crippen molar-refractivity contribution in [1.82, 2.24) is 5.32 Å². The summed E-state index contributed by atoms with van der Waals surface area (Å²) < 4.78 is 0. The molecule has 1 N–H and O–H groups in total. The van der Waals surface area contributed by atoms with Crippen LogP contribution in [0.5, 0.6) is 0 Å². The van der Waals surface area contributed by atoms with E-state index in [1.165, 1.54) is 0 Å². The van der Waals surface area contributed by atoms with Crippen LogP contribution in [0.2, 0.25) is 5.02 Å². The fourth-order valence-corrected chi connectivity index (χ4v) is 3.39. The largest absolute Gasteiger partial charge is 0.356 e. The monoisotopic (exact) mass is 412 g/mol. The number of halogens is 1. The molecule has 0 spiro atoms. The molecule has 1 aliphatic heterocycles. The van der Waals surface area contributed by atoms with Gasteiger partial charge in [-0.15, -0.1) is 0 Å². The molecule has 2 amide bonds. The van der Waals surface area contributed by atoms with E-state index in [0.717, 1.165) is 24.1 Å². The van der Waals surface area contributed by atoms with Gasteiger partial charge in [0.05, 0.1) is 0 Å². The lowest BCUT2D eigenvalue weighted by Gasteiger charge is -2.10. The highest BCUT2D eigenvalue weighted by molar-refractivity contribution is 6.30. The van der Waals surface area contributed by atoms with Crippen molar-refractivity contribution in [2.75, 3.05) is 18.0 Å². The number of nitrogens with zero attached hydrogens (tertiary/aromatic N) is 1. The third-order valence-corrected chi connectivity index (χ3v) is 5.13. The van der Waals surface area contributed by atoms with E-state index < -0.39 is 0 Å². The molecule has 0 aliphatic carbocycles. The van der Waals surface area contributed by atoms with Gasteiger partial charge in [0, 0.05) is 54.2 Å². The number of carbonyl (C=O) groups excluding carboxylic acids is 4. The fraction of sp³-hybridized carbons (Fsp3) is 0.273. The number of hydrogen-bond donors (Lipinski definition) is 1. The molecule has 6 nitrogen and oxygen atoms in total. The maximum Gasteiger partial charge on any atom is 0.220 e. The number of benzene rings is 2. The van der Waals surface area contributed by atoms with E-state index in [1.807, 2.05) is 6.07 Å². The summed E-state index contributed by atoms with van der Waals surface area (Å²) in [7, 11) is 0. The van der Waals surface area contributed by atoms with Crippen molar-refractivity contribution in [3.63, 3.8) is 0 Å². The topological polar surface area (TPSA) is 83.6 Å². The Labute approximate surface area is 173 Å². The first-order valence-electron chi connectivity index (χ1n) is 9.41. The van der Waals surface area contributed by atoms with Crippen molar-refractivity contribution in [2.45, 2.75) is 25.7 Å². The van der Waals surface area contributed by atoms with Gasteiger partial charge in [-0.25, -0.2) is 0 Å². The van der Waals surface area contributed by atoms with Gasteiger partial charge in [-0.05, 0) is 54.4 Å². The lowest BCUT2D eigenvalue weighted by Crippen LogP contribution is -2.26. The molecule has 2 aromatic carbocycles. The summed E-state index contributed by atoms with van der Waals surface area (Å²) in [5.74, 6) is -0.471.